The molecule has 0 amide bonds. The summed E-state index contributed by atoms with van der Waals surface area (Å²) in [4.78, 5) is 0. The fourth-order valence-electron chi connectivity index (χ4n) is 2.68. The molecule has 1 aliphatic rings. The van der Waals surface area contributed by atoms with Crippen molar-refractivity contribution >= 4 is 0 Å². The van der Waals surface area contributed by atoms with Gasteiger partial charge in [-0.1, -0.05) is 66.7 Å². The number of rotatable bonds is 8. The first-order valence-corrected chi connectivity index (χ1v) is 8.49. The highest BCUT2D eigenvalue weighted by Crippen LogP contribution is 2.19. The predicted molar refractivity (Wildman–Crippen MR) is 95.9 cm³/mol. The second-order valence-electron chi connectivity index (χ2n) is 5.93. The van der Waals surface area contributed by atoms with Gasteiger partial charge in [0.25, 0.3) is 0 Å². The molecule has 3 atom stereocenters. The average molecular weight is 340 g/mol. The van der Waals surface area contributed by atoms with Crippen LogP contribution in [0.2, 0.25) is 0 Å². The summed E-state index contributed by atoms with van der Waals surface area (Å²) in [7, 11) is 1.63. The third-order valence-electron chi connectivity index (χ3n) is 4.04. The van der Waals surface area contributed by atoms with Crippen LogP contribution in [0, 0.1) is 0 Å². The molecule has 0 saturated carbocycles. The van der Waals surface area contributed by atoms with Crippen LogP contribution in [0.4, 0.5) is 0 Å². The van der Waals surface area contributed by atoms with Crippen molar-refractivity contribution in [3.63, 3.8) is 0 Å². The van der Waals surface area contributed by atoms with Gasteiger partial charge < -0.3 is 18.9 Å². The Morgan fingerprint density at radius 2 is 1.48 bits per heavy atom. The van der Waals surface area contributed by atoms with E-state index in [0.717, 1.165) is 11.1 Å². The Labute approximate surface area is 149 Å². The summed E-state index contributed by atoms with van der Waals surface area (Å²) in [5.74, 6) is 0. The largest absolute Gasteiger partial charge is 0.374 e. The van der Waals surface area contributed by atoms with Gasteiger partial charge >= 0.3 is 0 Å². The van der Waals surface area contributed by atoms with Crippen LogP contribution >= 0.6 is 0 Å². The van der Waals surface area contributed by atoms with E-state index < -0.39 is 0 Å². The van der Waals surface area contributed by atoms with Crippen molar-refractivity contribution in [2.24, 2.45) is 0 Å². The molecule has 0 aromatic heterocycles. The maximum atomic E-state index is 6.03. The third kappa shape index (κ3) is 5.51. The maximum absolute atomic E-state index is 6.03. The minimum atomic E-state index is -0.359. The van der Waals surface area contributed by atoms with Crippen molar-refractivity contribution in [1.29, 1.82) is 0 Å². The van der Waals surface area contributed by atoms with Crippen molar-refractivity contribution in [2.45, 2.75) is 31.7 Å². The molecule has 132 valence electrons. The second-order valence-corrected chi connectivity index (χ2v) is 5.93. The van der Waals surface area contributed by atoms with Gasteiger partial charge in [0.1, 0.15) is 12.2 Å². The molecule has 0 saturated heterocycles. The van der Waals surface area contributed by atoms with Crippen LogP contribution in [0.5, 0.6) is 0 Å². The molecule has 0 bridgehead atoms. The molecule has 4 nitrogen and oxygen atoms in total. The van der Waals surface area contributed by atoms with Gasteiger partial charge in [0.15, 0.2) is 6.29 Å². The van der Waals surface area contributed by atoms with E-state index in [9.17, 15) is 0 Å². The molecule has 1 aliphatic heterocycles. The Balaban J connectivity index is 1.54. The van der Waals surface area contributed by atoms with Crippen molar-refractivity contribution in [3.8, 4) is 0 Å². The lowest BCUT2D eigenvalue weighted by Crippen LogP contribution is -2.40. The predicted octanol–water partition coefficient (Wildman–Crippen LogP) is 3.72. The Morgan fingerprint density at radius 1 is 0.840 bits per heavy atom. The minimum absolute atomic E-state index is 0.164. The molecule has 1 unspecified atom stereocenters. The van der Waals surface area contributed by atoms with E-state index in [1.54, 1.807) is 7.11 Å². The molecule has 25 heavy (non-hydrogen) atoms. The zero-order valence-electron chi connectivity index (χ0n) is 14.4. The van der Waals surface area contributed by atoms with Crippen LogP contribution in [0.1, 0.15) is 11.1 Å². The topological polar surface area (TPSA) is 36.9 Å². The molecule has 0 fully saturated rings. The molecule has 4 heteroatoms. The zero-order chi connectivity index (χ0) is 17.3. The minimum Gasteiger partial charge on any atom is -0.374 e. The summed E-state index contributed by atoms with van der Waals surface area (Å²) in [6, 6.07) is 20.2. The quantitative estimate of drug-likeness (QED) is 0.687. The zero-order valence-corrected chi connectivity index (χ0v) is 14.4. The van der Waals surface area contributed by atoms with Crippen molar-refractivity contribution in [3.05, 3.63) is 83.9 Å². The molecule has 3 rings (SSSR count). The Kier molecular flexibility index (Phi) is 6.77. The summed E-state index contributed by atoms with van der Waals surface area (Å²) >= 11 is 0. The number of hydrogen-bond donors (Lipinski definition) is 0. The fourth-order valence-corrected chi connectivity index (χ4v) is 2.68. The van der Waals surface area contributed by atoms with Crippen LogP contribution in [-0.2, 0) is 32.2 Å². The van der Waals surface area contributed by atoms with Crippen LogP contribution in [0.25, 0.3) is 0 Å². The average Bonchev–Trinajstić information content (AvgIpc) is 2.68. The van der Waals surface area contributed by atoms with E-state index >= 15 is 0 Å². The highest BCUT2D eigenvalue weighted by molar-refractivity contribution is 5.14. The number of benzene rings is 2. The molecule has 2 aromatic carbocycles. The van der Waals surface area contributed by atoms with Crippen LogP contribution in [-0.4, -0.2) is 32.2 Å². The number of hydrogen-bond acceptors (Lipinski definition) is 4. The van der Waals surface area contributed by atoms with Crippen LogP contribution in [0.15, 0.2) is 72.8 Å². The SMILES string of the molecule is COC1C=C[C@@H](OCc2ccccc2)[C@@H](COCc2ccccc2)O1. The third-order valence-corrected chi connectivity index (χ3v) is 4.04. The van der Waals surface area contributed by atoms with Crippen LogP contribution in [0.3, 0.4) is 0 Å². The molecular formula is C21H24O4. The lowest BCUT2D eigenvalue weighted by atomic mass is 10.1. The van der Waals surface area contributed by atoms with E-state index in [2.05, 4.69) is 0 Å². The van der Waals surface area contributed by atoms with E-state index in [4.69, 9.17) is 18.9 Å². The molecule has 0 spiro atoms. The van der Waals surface area contributed by atoms with Crippen molar-refractivity contribution < 1.29 is 18.9 Å². The smallest absolute Gasteiger partial charge is 0.177 e. The Hall–Kier alpha value is -1.98. The monoisotopic (exact) mass is 340 g/mol. The summed E-state index contributed by atoms with van der Waals surface area (Å²) in [6.45, 7) is 1.53. The lowest BCUT2D eigenvalue weighted by molar-refractivity contribution is -0.185. The van der Waals surface area contributed by atoms with Crippen molar-refractivity contribution in [2.75, 3.05) is 13.7 Å². The highest BCUT2D eigenvalue weighted by atomic mass is 16.7. The highest BCUT2D eigenvalue weighted by Gasteiger charge is 2.28. The maximum Gasteiger partial charge on any atom is 0.177 e. The standard InChI is InChI=1S/C21H24O4/c1-22-21-13-12-19(24-15-18-10-6-3-7-11-18)20(25-21)16-23-14-17-8-4-2-5-9-17/h2-13,19-21H,14-16H2,1H3/t19-,20-,21?/m1/s1. The van der Waals surface area contributed by atoms with E-state index in [-0.39, 0.29) is 18.5 Å². The first-order chi connectivity index (χ1) is 12.3. The molecule has 0 radical (unpaired) electrons. The summed E-state index contributed by atoms with van der Waals surface area (Å²) < 4.78 is 23.1. The molecule has 1 heterocycles. The molecular weight excluding hydrogens is 316 g/mol. The summed E-state index contributed by atoms with van der Waals surface area (Å²) in [5, 5.41) is 0. The summed E-state index contributed by atoms with van der Waals surface area (Å²) in [5.41, 5.74) is 2.27. The van der Waals surface area contributed by atoms with Gasteiger partial charge in [-0.25, -0.2) is 0 Å². The van der Waals surface area contributed by atoms with Gasteiger partial charge in [0, 0.05) is 7.11 Å². The van der Waals surface area contributed by atoms with Crippen LogP contribution < -0.4 is 0 Å². The fraction of sp³-hybridized carbons (Fsp3) is 0.333. The van der Waals surface area contributed by atoms with E-state index in [1.165, 1.54) is 0 Å². The number of methoxy groups -OCH3 is 1. The van der Waals surface area contributed by atoms with Gasteiger partial charge in [-0.15, -0.1) is 0 Å². The Bertz CT molecular complexity index is 641. The van der Waals surface area contributed by atoms with Gasteiger partial charge in [-0.2, -0.15) is 0 Å². The second kappa shape index (κ2) is 9.49. The van der Waals surface area contributed by atoms with Crippen molar-refractivity contribution in [1.82, 2.24) is 0 Å². The Morgan fingerprint density at radius 3 is 2.12 bits per heavy atom. The first-order valence-electron chi connectivity index (χ1n) is 8.49. The lowest BCUT2D eigenvalue weighted by Gasteiger charge is -2.31. The van der Waals surface area contributed by atoms with E-state index in [0.29, 0.717) is 19.8 Å². The van der Waals surface area contributed by atoms with Gasteiger partial charge in [0.05, 0.1) is 19.8 Å². The molecule has 0 N–H and O–H groups in total. The van der Waals surface area contributed by atoms with Gasteiger partial charge in [-0.3, -0.25) is 0 Å². The molecule has 2 aromatic rings. The van der Waals surface area contributed by atoms with Gasteiger partial charge in [-0.05, 0) is 17.2 Å². The number of ether oxygens (including phenoxy) is 4. The van der Waals surface area contributed by atoms with E-state index in [1.807, 2.05) is 72.8 Å². The normalized spacial score (nSPS) is 22.8. The summed E-state index contributed by atoms with van der Waals surface area (Å²) in [6.07, 6.45) is 3.15. The molecule has 0 aliphatic carbocycles. The first kappa shape index (κ1) is 17.8. The van der Waals surface area contributed by atoms with Gasteiger partial charge in [0.2, 0.25) is 0 Å².